The molecular weight excluding hydrogens is 411 g/mol. The summed E-state index contributed by atoms with van der Waals surface area (Å²) in [4.78, 5) is 38.9. The van der Waals surface area contributed by atoms with E-state index in [1.807, 2.05) is 0 Å². The number of halogens is 3. The lowest BCUT2D eigenvalue weighted by Crippen LogP contribution is -2.46. The Morgan fingerprint density at radius 1 is 1.23 bits per heavy atom. The number of nitrogens with one attached hydrogen (secondary N) is 1. The SMILES string of the molecule is Cc1nccc(C(=O)N[C@@H]2CCC[C@]3(CCN(c4cccc(C(F)(F)F)n4)C3=O)C2)n1. The van der Waals surface area contributed by atoms with Gasteiger partial charge in [-0.15, -0.1) is 0 Å². The molecule has 2 aliphatic rings. The minimum absolute atomic E-state index is 0.0133. The molecule has 1 aliphatic carbocycles. The van der Waals surface area contributed by atoms with Crippen molar-refractivity contribution >= 4 is 17.6 Å². The highest BCUT2D eigenvalue weighted by atomic mass is 19.4. The summed E-state index contributed by atoms with van der Waals surface area (Å²) in [7, 11) is 0. The molecule has 1 spiro atoms. The van der Waals surface area contributed by atoms with Gasteiger partial charge in [0, 0.05) is 18.8 Å². The van der Waals surface area contributed by atoms with Crippen LogP contribution in [-0.4, -0.2) is 39.4 Å². The minimum atomic E-state index is -4.57. The van der Waals surface area contributed by atoms with E-state index < -0.39 is 17.3 Å². The molecule has 2 aromatic rings. The van der Waals surface area contributed by atoms with E-state index in [1.165, 1.54) is 29.3 Å². The molecule has 7 nitrogen and oxygen atoms in total. The summed E-state index contributed by atoms with van der Waals surface area (Å²) >= 11 is 0. The number of carbonyl (C=O) groups excluding carboxylic acids is 2. The van der Waals surface area contributed by atoms with Crippen LogP contribution in [0.4, 0.5) is 19.0 Å². The summed E-state index contributed by atoms with van der Waals surface area (Å²) in [6, 6.07) is 4.89. The van der Waals surface area contributed by atoms with E-state index in [-0.39, 0.29) is 29.4 Å². The van der Waals surface area contributed by atoms with Crippen molar-refractivity contribution in [1.29, 1.82) is 0 Å². The van der Waals surface area contributed by atoms with Crippen LogP contribution in [0.2, 0.25) is 0 Å². The van der Waals surface area contributed by atoms with Crippen LogP contribution in [0.25, 0.3) is 0 Å². The third-order valence-electron chi connectivity index (χ3n) is 6.00. The molecule has 10 heteroatoms. The maximum absolute atomic E-state index is 13.3. The van der Waals surface area contributed by atoms with Crippen molar-refractivity contribution in [3.05, 3.63) is 47.7 Å². The number of nitrogens with zero attached hydrogens (tertiary/aromatic N) is 4. The van der Waals surface area contributed by atoms with Crippen LogP contribution in [0.15, 0.2) is 30.5 Å². The standard InChI is InChI=1S/C21H22F3N5O2/c1-13-25-10-7-15(26-13)18(30)27-14-4-3-8-20(12-14)9-11-29(19(20)31)17-6-2-5-16(28-17)21(22,23)24/h2,5-7,10,14H,3-4,8-9,11-12H2,1H3,(H,27,30)/t14-,20+/m1/s1. The zero-order valence-corrected chi connectivity index (χ0v) is 16.9. The van der Waals surface area contributed by atoms with Gasteiger partial charge in [-0.25, -0.2) is 15.0 Å². The van der Waals surface area contributed by atoms with Gasteiger partial charge >= 0.3 is 6.18 Å². The fourth-order valence-corrected chi connectivity index (χ4v) is 4.52. The number of pyridine rings is 1. The Balaban J connectivity index is 1.48. The summed E-state index contributed by atoms with van der Waals surface area (Å²) in [5.41, 5.74) is -1.46. The predicted octanol–water partition coefficient (Wildman–Crippen LogP) is 3.29. The predicted molar refractivity (Wildman–Crippen MR) is 105 cm³/mol. The van der Waals surface area contributed by atoms with Crippen molar-refractivity contribution in [3.8, 4) is 0 Å². The smallest absolute Gasteiger partial charge is 0.348 e. The molecule has 1 aliphatic heterocycles. The van der Waals surface area contributed by atoms with E-state index in [4.69, 9.17) is 0 Å². The van der Waals surface area contributed by atoms with Gasteiger partial charge in [-0.2, -0.15) is 13.2 Å². The second-order valence-electron chi connectivity index (χ2n) is 8.12. The molecular formula is C21H22F3N5O2. The molecule has 2 aromatic heterocycles. The molecule has 0 radical (unpaired) electrons. The zero-order chi connectivity index (χ0) is 22.2. The van der Waals surface area contributed by atoms with Crippen molar-refractivity contribution < 1.29 is 22.8 Å². The number of rotatable bonds is 3. The lowest BCUT2D eigenvalue weighted by atomic mass is 9.71. The van der Waals surface area contributed by atoms with Crippen LogP contribution < -0.4 is 10.2 Å². The normalized spacial score (nSPS) is 23.9. The number of amides is 2. The molecule has 1 saturated carbocycles. The Morgan fingerprint density at radius 3 is 2.77 bits per heavy atom. The summed E-state index contributed by atoms with van der Waals surface area (Å²) in [6.07, 6.45) is 0.00615. The molecule has 2 amide bonds. The topological polar surface area (TPSA) is 88.1 Å². The van der Waals surface area contributed by atoms with Crippen molar-refractivity contribution in [1.82, 2.24) is 20.3 Å². The number of anilines is 1. The Bertz CT molecular complexity index is 1010. The second kappa shape index (κ2) is 7.90. The van der Waals surface area contributed by atoms with E-state index >= 15 is 0 Å². The van der Waals surface area contributed by atoms with Crippen LogP contribution in [0, 0.1) is 12.3 Å². The first-order valence-electron chi connectivity index (χ1n) is 10.1. The molecule has 0 unspecified atom stereocenters. The van der Waals surface area contributed by atoms with Gasteiger partial charge in [0.1, 0.15) is 23.0 Å². The highest BCUT2D eigenvalue weighted by molar-refractivity contribution is 5.99. The highest BCUT2D eigenvalue weighted by Crippen LogP contribution is 2.46. The largest absolute Gasteiger partial charge is 0.433 e. The maximum Gasteiger partial charge on any atom is 0.433 e. The first kappa shape index (κ1) is 21.2. The van der Waals surface area contributed by atoms with Crippen molar-refractivity contribution in [2.45, 2.75) is 51.2 Å². The van der Waals surface area contributed by atoms with Gasteiger partial charge in [0.2, 0.25) is 5.91 Å². The molecule has 164 valence electrons. The van der Waals surface area contributed by atoms with Crippen molar-refractivity contribution in [2.75, 3.05) is 11.4 Å². The molecule has 0 aromatic carbocycles. The van der Waals surface area contributed by atoms with E-state index in [9.17, 15) is 22.8 Å². The van der Waals surface area contributed by atoms with E-state index in [0.717, 1.165) is 18.9 Å². The van der Waals surface area contributed by atoms with Crippen LogP contribution >= 0.6 is 0 Å². The van der Waals surface area contributed by atoms with Crippen molar-refractivity contribution in [2.24, 2.45) is 5.41 Å². The quantitative estimate of drug-likeness (QED) is 0.803. The van der Waals surface area contributed by atoms with Crippen LogP contribution in [0.5, 0.6) is 0 Å². The maximum atomic E-state index is 13.3. The summed E-state index contributed by atoms with van der Waals surface area (Å²) in [5.74, 6) is -0.0483. The average Bonchev–Trinajstić information content (AvgIpc) is 3.03. The van der Waals surface area contributed by atoms with Gasteiger partial charge in [-0.3, -0.25) is 14.5 Å². The zero-order valence-electron chi connectivity index (χ0n) is 16.9. The highest BCUT2D eigenvalue weighted by Gasteiger charge is 2.50. The number of hydrogen-bond donors (Lipinski definition) is 1. The fourth-order valence-electron chi connectivity index (χ4n) is 4.52. The molecule has 0 bridgehead atoms. The monoisotopic (exact) mass is 433 g/mol. The average molecular weight is 433 g/mol. The Morgan fingerprint density at radius 2 is 2.03 bits per heavy atom. The number of aryl methyl sites for hydroxylation is 1. The number of alkyl halides is 3. The van der Waals surface area contributed by atoms with E-state index in [1.54, 1.807) is 6.92 Å². The number of carbonyl (C=O) groups is 2. The molecule has 31 heavy (non-hydrogen) atoms. The molecule has 4 rings (SSSR count). The lowest BCUT2D eigenvalue weighted by molar-refractivity contribution is -0.141. The minimum Gasteiger partial charge on any atom is -0.348 e. The number of hydrogen-bond acceptors (Lipinski definition) is 5. The first-order valence-corrected chi connectivity index (χ1v) is 10.1. The van der Waals surface area contributed by atoms with Gasteiger partial charge in [0.05, 0.1) is 5.41 Å². The third-order valence-corrected chi connectivity index (χ3v) is 6.00. The summed E-state index contributed by atoms with van der Waals surface area (Å²) in [6.45, 7) is 2.00. The Hall–Kier alpha value is -3.04. The van der Waals surface area contributed by atoms with Crippen LogP contribution in [0.3, 0.4) is 0 Å². The summed E-state index contributed by atoms with van der Waals surface area (Å²) in [5, 5.41) is 2.95. The molecule has 2 atom stereocenters. The van der Waals surface area contributed by atoms with Crippen molar-refractivity contribution in [3.63, 3.8) is 0 Å². The van der Waals surface area contributed by atoms with E-state index in [2.05, 4.69) is 20.3 Å². The van der Waals surface area contributed by atoms with Gasteiger partial charge < -0.3 is 5.32 Å². The molecule has 2 fully saturated rings. The van der Waals surface area contributed by atoms with Crippen LogP contribution in [-0.2, 0) is 11.0 Å². The second-order valence-corrected chi connectivity index (χ2v) is 8.12. The van der Waals surface area contributed by atoms with Gasteiger partial charge in [0.15, 0.2) is 0 Å². The molecule has 3 heterocycles. The Kier molecular flexibility index (Phi) is 5.40. The Labute approximate surface area is 177 Å². The first-order chi connectivity index (χ1) is 14.7. The number of aromatic nitrogens is 3. The molecule has 1 saturated heterocycles. The molecule has 1 N–H and O–H groups in total. The van der Waals surface area contributed by atoms with Gasteiger partial charge in [-0.05, 0) is 50.8 Å². The fraction of sp³-hybridized carbons (Fsp3) is 0.476. The van der Waals surface area contributed by atoms with Gasteiger partial charge in [0.25, 0.3) is 5.91 Å². The lowest BCUT2D eigenvalue weighted by Gasteiger charge is -2.36. The van der Waals surface area contributed by atoms with Crippen LogP contribution in [0.1, 0.15) is 54.1 Å². The van der Waals surface area contributed by atoms with E-state index in [0.29, 0.717) is 31.6 Å². The third kappa shape index (κ3) is 4.24. The summed E-state index contributed by atoms with van der Waals surface area (Å²) < 4.78 is 39.1. The van der Waals surface area contributed by atoms with Gasteiger partial charge in [-0.1, -0.05) is 12.5 Å².